The molecule has 0 radical (unpaired) electrons. The Morgan fingerprint density at radius 3 is 2.67 bits per heavy atom. The zero-order valence-electron chi connectivity index (χ0n) is 17.1. The van der Waals surface area contributed by atoms with Gasteiger partial charge in [0.25, 0.3) is 5.91 Å². The van der Waals surface area contributed by atoms with Crippen molar-refractivity contribution >= 4 is 29.1 Å². The molecule has 6 heteroatoms. The lowest BCUT2D eigenvalue weighted by molar-refractivity contribution is 0.102. The van der Waals surface area contributed by atoms with Gasteiger partial charge in [0, 0.05) is 16.8 Å². The molecular weight excluding hydrogens is 394 g/mol. The molecule has 1 atom stereocenters. The van der Waals surface area contributed by atoms with Crippen LogP contribution in [0.25, 0.3) is 0 Å². The number of hydrazone groups is 1. The minimum atomic E-state index is -0.209. The number of hydrogen-bond acceptors (Lipinski definition) is 5. The van der Waals surface area contributed by atoms with Crippen LogP contribution in [0.4, 0.5) is 5.69 Å². The minimum absolute atomic E-state index is 0.125. The fourth-order valence-corrected chi connectivity index (χ4v) is 4.14. The summed E-state index contributed by atoms with van der Waals surface area (Å²) >= 11 is 1.71. The van der Waals surface area contributed by atoms with Gasteiger partial charge in [-0.05, 0) is 42.5 Å². The number of benzene rings is 3. The number of nitrogens with one attached hydrogen (secondary N) is 2. The van der Waals surface area contributed by atoms with E-state index in [1.807, 2.05) is 49.4 Å². The van der Waals surface area contributed by atoms with Crippen LogP contribution >= 0.6 is 11.8 Å². The summed E-state index contributed by atoms with van der Waals surface area (Å²) in [6.45, 7) is 1.97. The largest absolute Gasteiger partial charge is 0.496 e. The van der Waals surface area contributed by atoms with Crippen molar-refractivity contribution in [1.29, 1.82) is 0 Å². The summed E-state index contributed by atoms with van der Waals surface area (Å²) in [7, 11) is 1.56. The molecule has 1 aliphatic heterocycles. The second-order valence-corrected chi connectivity index (χ2v) is 7.92. The van der Waals surface area contributed by atoms with E-state index in [0.717, 1.165) is 28.1 Å². The van der Waals surface area contributed by atoms with Crippen molar-refractivity contribution in [3.05, 3.63) is 94.5 Å². The number of carbonyl (C=O) groups is 1. The van der Waals surface area contributed by atoms with Gasteiger partial charge >= 0.3 is 0 Å². The number of fused-ring (bicyclic) bond motifs is 1. The van der Waals surface area contributed by atoms with Gasteiger partial charge in [0.1, 0.15) is 11.1 Å². The fraction of sp³-hybridized carbons (Fsp3) is 0.167. The Morgan fingerprint density at radius 1 is 1.10 bits per heavy atom. The van der Waals surface area contributed by atoms with E-state index in [9.17, 15) is 4.79 Å². The Bertz CT molecular complexity index is 1130. The third-order valence-corrected chi connectivity index (χ3v) is 5.97. The summed E-state index contributed by atoms with van der Waals surface area (Å²) in [6, 6.07) is 21.5. The molecule has 3 aromatic rings. The monoisotopic (exact) mass is 417 g/mol. The Balaban J connectivity index is 1.68. The van der Waals surface area contributed by atoms with Gasteiger partial charge in [-0.15, -0.1) is 11.8 Å². The van der Waals surface area contributed by atoms with Gasteiger partial charge in [0.05, 0.1) is 18.4 Å². The maximum absolute atomic E-state index is 12.9. The van der Waals surface area contributed by atoms with Crippen molar-refractivity contribution in [2.45, 2.75) is 12.3 Å². The molecule has 0 spiro atoms. The Morgan fingerprint density at radius 2 is 1.87 bits per heavy atom. The van der Waals surface area contributed by atoms with E-state index >= 15 is 0 Å². The zero-order chi connectivity index (χ0) is 21.1. The summed E-state index contributed by atoms with van der Waals surface area (Å²) in [5.74, 6) is 0.334. The molecule has 2 N–H and O–H groups in total. The summed E-state index contributed by atoms with van der Waals surface area (Å²) in [6.07, 6.45) is 2.06. The highest BCUT2D eigenvalue weighted by molar-refractivity contribution is 7.98. The van der Waals surface area contributed by atoms with Crippen molar-refractivity contribution < 1.29 is 9.53 Å². The number of para-hydroxylation sites is 1. The van der Waals surface area contributed by atoms with E-state index in [0.29, 0.717) is 11.3 Å². The van der Waals surface area contributed by atoms with Crippen LogP contribution in [0.15, 0.2) is 71.8 Å². The van der Waals surface area contributed by atoms with E-state index in [4.69, 9.17) is 4.74 Å². The molecule has 0 aliphatic carbocycles. The highest BCUT2D eigenvalue weighted by Gasteiger charge is 2.23. The van der Waals surface area contributed by atoms with Gasteiger partial charge in [0.15, 0.2) is 0 Å². The van der Waals surface area contributed by atoms with Crippen LogP contribution in [0.5, 0.6) is 5.75 Å². The standard InChI is InChI=1S/C24H23N3O2S/c1-15-12-13-16(22-17-8-4-5-9-18(17)24(30-3)27-26-22)14-20(15)25-23(28)19-10-6-7-11-21(19)29-2/h4-14,24,27H,1-3H3,(H,25,28). The van der Waals surface area contributed by atoms with Gasteiger partial charge in [-0.3, -0.25) is 10.2 Å². The average Bonchev–Trinajstić information content (AvgIpc) is 2.79. The number of amides is 1. The SMILES string of the molecule is COc1ccccc1C(=O)Nc1cc(C2=NNC(SC)c3ccccc32)ccc1C. The van der Waals surface area contributed by atoms with Crippen LogP contribution in [0, 0.1) is 6.92 Å². The quantitative estimate of drug-likeness (QED) is 0.615. The predicted octanol–water partition coefficient (Wildman–Crippen LogP) is 4.97. The molecule has 0 saturated heterocycles. The summed E-state index contributed by atoms with van der Waals surface area (Å²) < 4.78 is 5.32. The lowest BCUT2D eigenvalue weighted by Gasteiger charge is -2.25. The molecule has 0 aromatic heterocycles. The maximum Gasteiger partial charge on any atom is 0.259 e. The summed E-state index contributed by atoms with van der Waals surface area (Å²) in [5, 5.41) is 7.79. The van der Waals surface area contributed by atoms with Gasteiger partial charge in [-0.2, -0.15) is 5.10 Å². The van der Waals surface area contributed by atoms with Crippen LogP contribution in [0.1, 0.15) is 38.0 Å². The highest BCUT2D eigenvalue weighted by Crippen LogP contribution is 2.32. The van der Waals surface area contributed by atoms with Crippen LogP contribution in [-0.4, -0.2) is 25.0 Å². The molecule has 30 heavy (non-hydrogen) atoms. The lowest BCUT2D eigenvalue weighted by Crippen LogP contribution is -2.24. The van der Waals surface area contributed by atoms with Gasteiger partial charge in [-0.25, -0.2) is 0 Å². The van der Waals surface area contributed by atoms with Crippen LogP contribution in [-0.2, 0) is 0 Å². The van der Waals surface area contributed by atoms with E-state index in [1.165, 1.54) is 5.56 Å². The Kier molecular flexibility index (Phi) is 5.77. The number of aryl methyl sites for hydroxylation is 1. The number of rotatable bonds is 5. The molecule has 1 amide bonds. The lowest BCUT2D eigenvalue weighted by atomic mass is 9.95. The van der Waals surface area contributed by atoms with Gasteiger partial charge in [0.2, 0.25) is 0 Å². The molecule has 1 aliphatic rings. The fourth-order valence-electron chi connectivity index (χ4n) is 3.52. The van der Waals surface area contributed by atoms with Crippen molar-refractivity contribution in [2.75, 3.05) is 18.7 Å². The maximum atomic E-state index is 12.9. The van der Waals surface area contributed by atoms with Crippen LogP contribution in [0.2, 0.25) is 0 Å². The number of methoxy groups -OCH3 is 1. The van der Waals surface area contributed by atoms with Crippen molar-refractivity contribution in [2.24, 2.45) is 5.10 Å². The first-order valence-corrected chi connectivity index (χ1v) is 10.9. The Labute approximate surface area is 180 Å². The second kappa shape index (κ2) is 8.63. The molecular formula is C24H23N3O2S. The molecule has 1 unspecified atom stereocenters. The summed E-state index contributed by atoms with van der Waals surface area (Å²) in [4.78, 5) is 12.9. The van der Waals surface area contributed by atoms with E-state index < -0.39 is 0 Å². The zero-order valence-corrected chi connectivity index (χ0v) is 17.9. The van der Waals surface area contributed by atoms with Crippen LogP contribution < -0.4 is 15.5 Å². The van der Waals surface area contributed by atoms with Gasteiger partial charge < -0.3 is 10.1 Å². The average molecular weight is 418 g/mol. The second-order valence-electron chi connectivity index (χ2n) is 6.98. The molecule has 3 aromatic carbocycles. The first-order chi connectivity index (χ1) is 14.6. The van der Waals surface area contributed by atoms with Gasteiger partial charge in [-0.1, -0.05) is 48.5 Å². The molecule has 0 fully saturated rings. The van der Waals surface area contributed by atoms with E-state index in [2.05, 4.69) is 34.2 Å². The number of anilines is 1. The first-order valence-electron chi connectivity index (χ1n) is 9.63. The van der Waals surface area contributed by atoms with Crippen molar-refractivity contribution in [3.63, 3.8) is 0 Å². The number of nitrogens with zero attached hydrogens (tertiary/aromatic N) is 1. The molecule has 4 rings (SSSR count). The molecule has 5 nitrogen and oxygen atoms in total. The highest BCUT2D eigenvalue weighted by atomic mass is 32.2. The smallest absolute Gasteiger partial charge is 0.259 e. The predicted molar refractivity (Wildman–Crippen MR) is 124 cm³/mol. The molecule has 0 bridgehead atoms. The molecule has 0 saturated carbocycles. The minimum Gasteiger partial charge on any atom is -0.496 e. The third kappa shape index (κ3) is 3.78. The van der Waals surface area contributed by atoms with Crippen LogP contribution in [0.3, 0.4) is 0 Å². The van der Waals surface area contributed by atoms with E-state index in [-0.39, 0.29) is 11.3 Å². The number of carbonyl (C=O) groups excluding carboxylic acids is 1. The first kappa shape index (κ1) is 20.0. The molecule has 1 heterocycles. The number of ether oxygens (including phenoxy) is 1. The number of hydrogen-bond donors (Lipinski definition) is 2. The van der Waals surface area contributed by atoms with Crippen molar-refractivity contribution in [3.8, 4) is 5.75 Å². The topological polar surface area (TPSA) is 62.7 Å². The molecule has 152 valence electrons. The number of thioether (sulfide) groups is 1. The normalized spacial score (nSPS) is 14.9. The Hall–Kier alpha value is -3.25. The van der Waals surface area contributed by atoms with Crippen molar-refractivity contribution in [1.82, 2.24) is 5.43 Å². The summed E-state index contributed by atoms with van der Waals surface area (Å²) in [5.41, 5.74) is 9.56. The van der Waals surface area contributed by atoms with E-state index in [1.54, 1.807) is 31.0 Å². The third-order valence-electron chi connectivity index (χ3n) is 5.14.